The fourth-order valence-electron chi connectivity index (χ4n) is 2.64. The van der Waals surface area contributed by atoms with Gasteiger partial charge < -0.3 is 10.7 Å². The SMILES string of the molecule is Nc1nc2cc(C(F)(F)F)ccc2n1N1CCCCC1. The number of halogens is 3. The molecule has 0 amide bonds. The predicted molar refractivity (Wildman–Crippen MR) is 70.9 cm³/mol. The Hall–Kier alpha value is -1.92. The first-order chi connectivity index (χ1) is 9.47. The molecule has 0 aliphatic carbocycles. The second-order valence-electron chi connectivity index (χ2n) is 5.00. The number of hydrogen-bond acceptors (Lipinski definition) is 3. The zero-order valence-corrected chi connectivity index (χ0v) is 10.8. The Balaban J connectivity index is 2.07. The molecular weight excluding hydrogens is 269 g/mol. The van der Waals surface area contributed by atoms with E-state index in [0.717, 1.165) is 38.1 Å². The lowest BCUT2D eigenvalue weighted by Gasteiger charge is -2.30. The molecule has 0 atom stereocenters. The molecule has 2 heterocycles. The normalized spacial score (nSPS) is 16.9. The van der Waals surface area contributed by atoms with Gasteiger partial charge in [0.15, 0.2) is 0 Å². The van der Waals surface area contributed by atoms with Crippen molar-refractivity contribution in [2.24, 2.45) is 0 Å². The van der Waals surface area contributed by atoms with Crippen LogP contribution in [0.3, 0.4) is 0 Å². The van der Waals surface area contributed by atoms with Crippen LogP contribution in [-0.4, -0.2) is 22.7 Å². The van der Waals surface area contributed by atoms with Crippen LogP contribution in [0.1, 0.15) is 24.8 Å². The van der Waals surface area contributed by atoms with Crippen LogP contribution in [0.15, 0.2) is 18.2 Å². The van der Waals surface area contributed by atoms with Crippen LogP contribution in [0, 0.1) is 0 Å². The van der Waals surface area contributed by atoms with Crippen LogP contribution in [0.2, 0.25) is 0 Å². The minimum absolute atomic E-state index is 0.237. The van der Waals surface area contributed by atoms with E-state index >= 15 is 0 Å². The minimum atomic E-state index is -4.36. The van der Waals surface area contributed by atoms with E-state index in [1.54, 1.807) is 4.68 Å². The first-order valence-corrected chi connectivity index (χ1v) is 6.57. The van der Waals surface area contributed by atoms with Crippen LogP contribution in [0.5, 0.6) is 0 Å². The topological polar surface area (TPSA) is 47.1 Å². The fourth-order valence-corrected chi connectivity index (χ4v) is 2.64. The zero-order valence-electron chi connectivity index (χ0n) is 10.8. The minimum Gasteiger partial charge on any atom is -0.368 e. The smallest absolute Gasteiger partial charge is 0.368 e. The summed E-state index contributed by atoms with van der Waals surface area (Å²) in [7, 11) is 0. The number of hydrogen-bond donors (Lipinski definition) is 1. The highest BCUT2D eigenvalue weighted by Gasteiger charge is 2.31. The van der Waals surface area contributed by atoms with E-state index in [1.165, 1.54) is 12.5 Å². The van der Waals surface area contributed by atoms with E-state index in [-0.39, 0.29) is 11.5 Å². The van der Waals surface area contributed by atoms with Crippen molar-refractivity contribution in [1.82, 2.24) is 9.66 Å². The van der Waals surface area contributed by atoms with Crippen molar-refractivity contribution in [3.05, 3.63) is 23.8 Å². The maximum Gasteiger partial charge on any atom is 0.416 e. The Morgan fingerprint density at radius 1 is 1.10 bits per heavy atom. The molecule has 108 valence electrons. The lowest BCUT2D eigenvalue weighted by molar-refractivity contribution is -0.137. The molecule has 0 spiro atoms. The quantitative estimate of drug-likeness (QED) is 0.876. The van der Waals surface area contributed by atoms with Gasteiger partial charge in [0.2, 0.25) is 5.95 Å². The molecule has 1 aliphatic rings. The van der Waals surface area contributed by atoms with E-state index in [0.29, 0.717) is 5.52 Å². The Kier molecular flexibility index (Phi) is 2.99. The second-order valence-corrected chi connectivity index (χ2v) is 5.00. The molecule has 1 aromatic carbocycles. The van der Waals surface area contributed by atoms with Crippen molar-refractivity contribution >= 4 is 17.0 Å². The number of nitrogens with zero attached hydrogens (tertiary/aromatic N) is 3. The largest absolute Gasteiger partial charge is 0.416 e. The summed E-state index contributed by atoms with van der Waals surface area (Å²) >= 11 is 0. The molecule has 1 aromatic heterocycles. The molecule has 1 fully saturated rings. The average molecular weight is 284 g/mol. The van der Waals surface area contributed by atoms with Crippen LogP contribution in [0.25, 0.3) is 11.0 Å². The number of alkyl halides is 3. The van der Waals surface area contributed by atoms with Crippen LogP contribution in [-0.2, 0) is 6.18 Å². The summed E-state index contributed by atoms with van der Waals surface area (Å²) in [6, 6.07) is 3.56. The maximum absolute atomic E-state index is 12.7. The van der Waals surface area contributed by atoms with Crippen LogP contribution < -0.4 is 10.7 Å². The van der Waals surface area contributed by atoms with Crippen molar-refractivity contribution in [2.45, 2.75) is 25.4 Å². The lowest BCUT2D eigenvalue weighted by Crippen LogP contribution is -2.39. The van der Waals surface area contributed by atoms with Gasteiger partial charge in [-0.3, -0.25) is 0 Å². The summed E-state index contributed by atoms with van der Waals surface area (Å²) in [5.41, 5.74) is 6.07. The van der Waals surface area contributed by atoms with Crippen molar-refractivity contribution in [3.8, 4) is 0 Å². The summed E-state index contributed by atoms with van der Waals surface area (Å²) in [5.74, 6) is 0.237. The molecule has 2 N–H and O–H groups in total. The third-order valence-corrected chi connectivity index (χ3v) is 3.60. The molecular formula is C13H15F3N4. The molecule has 4 nitrogen and oxygen atoms in total. The van der Waals surface area contributed by atoms with Crippen molar-refractivity contribution < 1.29 is 13.2 Å². The van der Waals surface area contributed by atoms with E-state index in [4.69, 9.17) is 5.73 Å². The maximum atomic E-state index is 12.7. The molecule has 20 heavy (non-hydrogen) atoms. The van der Waals surface area contributed by atoms with Gasteiger partial charge >= 0.3 is 6.18 Å². The molecule has 0 bridgehead atoms. The van der Waals surface area contributed by atoms with Gasteiger partial charge in [0, 0.05) is 13.1 Å². The predicted octanol–water partition coefficient (Wildman–Crippen LogP) is 2.76. The number of fused-ring (bicyclic) bond motifs is 1. The summed E-state index contributed by atoms with van der Waals surface area (Å²) < 4.78 is 39.8. The molecule has 2 aromatic rings. The summed E-state index contributed by atoms with van der Waals surface area (Å²) in [6.07, 6.45) is -1.08. The first-order valence-electron chi connectivity index (χ1n) is 6.57. The molecule has 1 saturated heterocycles. The Bertz CT molecular complexity index is 626. The number of rotatable bonds is 1. The van der Waals surface area contributed by atoms with Crippen LogP contribution >= 0.6 is 0 Å². The number of nitrogen functional groups attached to an aromatic ring is 1. The number of imidazole rings is 1. The van der Waals surface area contributed by atoms with Gasteiger partial charge in [-0.1, -0.05) is 0 Å². The number of benzene rings is 1. The van der Waals surface area contributed by atoms with Gasteiger partial charge in [-0.25, -0.2) is 9.66 Å². The molecule has 0 saturated carbocycles. The van der Waals surface area contributed by atoms with Gasteiger partial charge in [0.05, 0.1) is 16.6 Å². The highest BCUT2D eigenvalue weighted by Crippen LogP contribution is 2.32. The van der Waals surface area contributed by atoms with Gasteiger partial charge in [0.25, 0.3) is 0 Å². The number of aromatic nitrogens is 2. The highest BCUT2D eigenvalue weighted by atomic mass is 19.4. The number of anilines is 1. The third kappa shape index (κ3) is 2.17. The second kappa shape index (κ2) is 4.57. The average Bonchev–Trinajstić information content (AvgIpc) is 2.73. The molecule has 0 radical (unpaired) electrons. The molecule has 3 rings (SSSR count). The van der Waals surface area contributed by atoms with E-state index < -0.39 is 11.7 Å². The van der Waals surface area contributed by atoms with E-state index in [2.05, 4.69) is 4.98 Å². The molecule has 7 heteroatoms. The summed E-state index contributed by atoms with van der Waals surface area (Å²) in [4.78, 5) is 4.06. The van der Waals surface area contributed by atoms with Gasteiger partial charge in [-0.2, -0.15) is 13.2 Å². The van der Waals surface area contributed by atoms with Gasteiger partial charge in [-0.15, -0.1) is 0 Å². The standard InChI is InChI=1S/C13H15F3N4/c14-13(15,16)9-4-5-11-10(8-9)18-12(17)20(11)19-6-2-1-3-7-19/h4-5,8H,1-3,6-7H2,(H2,17,18). The van der Waals surface area contributed by atoms with Gasteiger partial charge in [0.1, 0.15) is 0 Å². The lowest BCUT2D eigenvalue weighted by atomic mass is 10.1. The fraction of sp³-hybridized carbons (Fsp3) is 0.462. The summed E-state index contributed by atoms with van der Waals surface area (Å²) in [6.45, 7) is 1.69. The van der Waals surface area contributed by atoms with Crippen LogP contribution in [0.4, 0.5) is 19.1 Å². The Labute approximate surface area is 114 Å². The number of piperidine rings is 1. The monoisotopic (exact) mass is 284 g/mol. The Morgan fingerprint density at radius 3 is 2.45 bits per heavy atom. The number of nitrogens with two attached hydrogens (primary N) is 1. The van der Waals surface area contributed by atoms with Crippen molar-refractivity contribution in [3.63, 3.8) is 0 Å². The summed E-state index contributed by atoms with van der Waals surface area (Å²) in [5, 5.41) is 2.04. The zero-order chi connectivity index (χ0) is 14.3. The van der Waals surface area contributed by atoms with Crippen molar-refractivity contribution in [1.29, 1.82) is 0 Å². The third-order valence-electron chi connectivity index (χ3n) is 3.60. The van der Waals surface area contributed by atoms with E-state index in [9.17, 15) is 13.2 Å². The van der Waals surface area contributed by atoms with E-state index in [1.807, 2.05) is 5.01 Å². The Morgan fingerprint density at radius 2 is 1.80 bits per heavy atom. The van der Waals surface area contributed by atoms with Crippen molar-refractivity contribution in [2.75, 3.05) is 23.8 Å². The molecule has 0 unspecified atom stereocenters. The van der Waals surface area contributed by atoms with Gasteiger partial charge in [-0.05, 0) is 37.5 Å². The molecule has 1 aliphatic heterocycles. The highest BCUT2D eigenvalue weighted by molar-refractivity contribution is 5.79. The first kappa shape index (κ1) is 13.1.